The molecular weight excluding hydrogens is 383 g/mol. The zero-order chi connectivity index (χ0) is 21.4. The molecule has 0 aromatic heterocycles. The highest BCUT2D eigenvalue weighted by Crippen LogP contribution is 2.29. The van der Waals surface area contributed by atoms with E-state index in [4.69, 9.17) is 0 Å². The number of alkyl halides is 3. The van der Waals surface area contributed by atoms with E-state index in [-0.39, 0.29) is 18.0 Å². The van der Waals surface area contributed by atoms with E-state index in [1.807, 2.05) is 13.8 Å². The fourth-order valence-electron chi connectivity index (χ4n) is 2.55. The summed E-state index contributed by atoms with van der Waals surface area (Å²) < 4.78 is 37.7. The lowest BCUT2D eigenvalue weighted by Gasteiger charge is -2.11. The first-order valence-electron chi connectivity index (χ1n) is 9.23. The Morgan fingerprint density at radius 2 is 1.48 bits per heavy atom. The van der Waals surface area contributed by atoms with E-state index in [1.54, 1.807) is 24.3 Å². The van der Waals surface area contributed by atoms with Gasteiger partial charge in [-0.05, 0) is 55.7 Å². The normalized spacial score (nSPS) is 11.2. The maximum absolute atomic E-state index is 12.6. The summed E-state index contributed by atoms with van der Waals surface area (Å²) in [5, 5.41) is 8.19. The van der Waals surface area contributed by atoms with E-state index in [1.165, 1.54) is 12.1 Å². The van der Waals surface area contributed by atoms with E-state index in [0.717, 1.165) is 17.7 Å². The number of amides is 3. The van der Waals surface area contributed by atoms with Crippen LogP contribution in [0.1, 0.15) is 40.9 Å². The predicted molar refractivity (Wildman–Crippen MR) is 104 cm³/mol. The molecule has 0 unspecified atom stereocenters. The van der Waals surface area contributed by atoms with Crippen molar-refractivity contribution in [3.8, 4) is 0 Å². The van der Waals surface area contributed by atoms with Crippen molar-refractivity contribution < 1.29 is 22.8 Å². The van der Waals surface area contributed by atoms with Crippen LogP contribution in [0, 0.1) is 0 Å². The van der Waals surface area contributed by atoms with Gasteiger partial charge in [0, 0.05) is 24.7 Å². The molecule has 29 heavy (non-hydrogen) atoms. The number of halogens is 3. The number of nitrogens with one attached hydrogen (secondary N) is 3. The van der Waals surface area contributed by atoms with Crippen molar-refractivity contribution in [2.45, 2.75) is 39.0 Å². The molecule has 0 bridgehead atoms. The summed E-state index contributed by atoms with van der Waals surface area (Å²) >= 11 is 0. The van der Waals surface area contributed by atoms with Crippen molar-refractivity contribution in [3.05, 3.63) is 70.8 Å². The fourth-order valence-corrected chi connectivity index (χ4v) is 2.55. The molecule has 0 atom stereocenters. The van der Waals surface area contributed by atoms with Gasteiger partial charge in [0.1, 0.15) is 0 Å². The molecule has 0 heterocycles. The number of hydrogen-bond acceptors (Lipinski definition) is 2. The Kier molecular flexibility index (Phi) is 7.64. The third-order valence-electron chi connectivity index (χ3n) is 4.07. The first-order chi connectivity index (χ1) is 13.6. The number of hydrogen-bond donors (Lipinski definition) is 3. The van der Waals surface area contributed by atoms with Gasteiger partial charge in [0.2, 0.25) is 0 Å². The summed E-state index contributed by atoms with van der Waals surface area (Å²) in [5.74, 6) is -0.269. The van der Waals surface area contributed by atoms with E-state index >= 15 is 0 Å². The maximum Gasteiger partial charge on any atom is 0.416 e. The first kappa shape index (κ1) is 22.3. The Morgan fingerprint density at radius 1 is 0.897 bits per heavy atom. The van der Waals surface area contributed by atoms with Crippen molar-refractivity contribution in [3.63, 3.8) is 0 Å². The molecule has 0 aliphatic heterocycles. The number of carbonyl (C=O) groups is 2. The summed E-state index contributed by atoms with van der Waals surface area (Å²) in [6.07, 6.45) is -3.93. The standard InChI is InChI=1S/C21H24F3N3O2/c1-14(2)27-20(29)26-13-16-3-7-17(8-4-16)19(28)25-12-11-15-5-9-18(10-6-15)21(22,23)24/h3-10,14H,11-13H2,1-2H3,(H,25,28)(H2,26,27,29). The lowest BCUT2D eigenvalue weighted by Crippen LogP contribution is -2.39. The van der Waals surface area contributed by atoms with Gasteiger partial charge in [-0.15, -0.1) is 0 Å². The number of rotatable bonds is 7. The average Bonchev–Trinajstić information content (AvgIpc) is 2.66. The van der Waals surface area contributed by atoms with Crippen LogP contribution in [0.25, 0.3) is 0 Å². The molecule has 0 aliphatic rings. The maximum atomic E-state index is 12.6. The van der Waals surface area contributed by atoms with Crippen LogP contribution in [-0.2, 0) is 19.1 Å². The Labute approximate surface area is 167 Å². The summed E-state index contributed by atoms with van der Waals surface area (Å²) in [6, 6.07) is 11.5. The van der Waals surface area contributed by atoms with Gasteiger partial charge in [0.15, 0.2) is 0 Å². The smallest absolute Gasteiger partial charge is 0.352 e. The van der Waals surface area contributed by atoms with Gasteiger partial charge in [-0.2, -0.15) is 13.2 Å². The van der Waals surface area contributed by atoms with Crippen LogP contribution < -0.4 is 16.0 Å². The molecule has 0 aliphatic carbocycles. The summed E-state index contributed by atoms with van der Waals surface area (Å²) in [5.41, 5.74) is 1.33. The van der Waals surface area contributed by atoms with Crippen LogP contribution in [0.2, 0.25) is 0 Å². The van der Waals surface area contributed by atoms with E-state index in [2.05, 4.69) is 16.0 Å². The molecule has 0 fully saturated rings. The lowest BCUT2D eigenvalue weighted by atomic mass is 10.1. The molecule has 3 amide bonds. The molecule has 2 aromatic rings. The third-order valence-corrected chi connectivity index (χ3v) is 4.07. The van der Waals surface area contributed by atoms with Crippen molar-refractivity contribution in [1.82, 2.24) is 16.0 Å². The van der Waals surface area contributed by atoms with Gasteiger partial charge >= 0.3 is 12.2 Å². The van der Waals surface area contributed by atoms with Gasteiger partial charge in [-0.25, -0.2) is 4.79 Å². The number of carbonyl (C=O) groups excluding carboxylic acids is 2. The lowest BCUT2D eigenvalue weighted by molar-refractivity contribution is -0.137. The molecule has 0 spiro atoms. The largest absolute Gasteiger partial charge is 0.416 e. The summed E-state index contributed by atoms with van der Waals surface area (Å²) in [4.78, 5) is 23.7. The Balaban J connectivity index is 1.78. The minimum atomic E-state index is -4.35. The molecule has 3 N–H and O–H groups in total. The van der Waals surface area contributed by atoms with Crippen molar-refractivity contribution in [2.24, 2.45) is 0 Å². The Bertz CT molecular complexity index is 817. The predicted octanol–water partition coefficient (Wildman–Crippen LogP) is 3.89. The van der Waals surface area contributed by atoms with E-state index in [0.29, 0.717) is 30.6 Å². The topological polar surface area (TPSA) is 70.2 Å². The highest BCUT2D eigenvalue weighted by atomic mass is 19.4. The number of urea groups is 1. The van der Waals surface area contributed by atoms with E-state index in [9.17, 15) is 22.8 Å². The number of benzene rings is 2. The van der Waals surface area contributed by atoms with Crippen LogP contribution in [0.3, 0.4) is 0 Å². The molecule has 156 valence electrons. The zero-order valence-corrected chi connectivity index (χ0v) is 16.3. The summed E-state index contributed by atoms with van der Waals surface area (Å²) in [6.45, 7) is 4.38. The van der Waals surface area contributed by atoms with E-state index < -0.39 is 11.7 Å². The second-order valence-electron chi connectivity index (χ2n) is 6.88. The van der Waals surface area contributed by atoms with Crippen LogP contribution in [0.15, 0.2) is 48.5 Å². The van der Waals surface area contributed by atoms with Crippen LogP contribution >= 0.6 is 0 Å². The van der Waals surface area contributed by atoms with Crippen molar-refractivity contribution >= 4 is 11.9 Å². The molecule has 0 saturated heterocycles. The Hall–Kier alpha value is -3.03. The average molecular weight is 407 g/mol. The van der Waals surface area contributed by atoms with Gasteiger partial charge in [-0.3, -0.25) is 4.79 Å². The molecule has 2 rings (SSSR count). The molecule has 0 saturated carbocycles. The molecule has 0 radical (unpaired) electrons. The molecule has 5 nitrogen and oxygen atoms in total. The zero-order valence-electron chi connectivity index (χ0n) is 16.3. The van der Waals surface area contributed by atoms with Crippen LogP contribution in [0.5, 0.6) is 0 Å². The molecule has 8 heteroatoms. The minimum absolute atomic E-state index is 0.0450. The second kappa shape index (κ2) is 9.95. The molecular formula is C21H24F3N3O2. The van der Waals surface area contributed by atoms with Crippen molar-refractivity contribution in [1.29, 1.82) is 0 Å². The van der Waals surface area contributed by atoms with Gasteiger partial charge in [-0.1, -0.05) is 24.3 Å². The van der Waals surface area contributed by atoms with Crippen molar-refractivity contribution in [2.75, 3.05) is 6.54 Å². The minimum Gasteiger partial charge on any atom is -0.352 e. The quantitative estimate of drug-likeness (QED) is 0.652. The Morgan fingerprint density at radius 3 is 2.03 bits per heavy atom. The highest BCUT2D eigenvalue weighted by molar-refractivity contribution is 5.94. The fraction of sp³-hybridized carbons (Fsp3) is 0.333. The second-order valence-corrected chi connectivity index (χ2v) is 6.88. The van der Waals surface area contributed by atoms with Gasteiger partial charge < -0.3 is 16.0 Å². The SMILES string of the molecule is CC(C)NC(=O)NCc1ccc(C(=O)NCCc2ccc(C(F)(F)F)cc2)cc1. The van der Waals surface area contributed by atoms with Gasteiger partial charge in [0.05, 0.1) is 5.56 Å². The molecule has 2 aromatic carbocycles. The third kappa shape index (κ3) is 7.48. The monoisotopic (exact) mass is 407 g/mol. The first-order valence-corrected chi connectivity index (χ1v) is 9.23. The highest BCUT2D eigenvalue weighted by Gasteiger charge is 2.29. The van der Waals surface area contributed by atoms with Crippen LogP contribution in [0.4, 0.5) is 18.0 Å². The van der Waals surface area contributed by atoms with Gasteiger partial charge in [0.25, 0.3) is 5.91 Å². The van der Waals surface area contributed by atoms with Crippen LogP contribution in [-0.4, -0.2) is 24.5 Å². The summed E-state index contributed by atoms with van der Waals surface area (Å²) in [7, 11) is 0.